The maximum Gasteiger partial charge on any atom is 0.326 e. The van der Waals surface area contributed by atoms with Gasteiger partial charge in [-0.05, 0) is 35.4 Å². The van der Waals surface area contributed by atoms with Gasteiger partial charge in [0.15, 0.2) is 0 Å². The van der Waals surface area contributed by atoms with Crippen molar-refractivity contribution in [1.82, 2.24) is 10.6 Å². The molecule has 0 unspecified atom stereocenters. The standard InChI is InChI=1S/C20H20BrFN2O4/c1-12(25)23-17(10-14-4-8-16(22)9-5-14)19(26)24-18(20(27)28)11-13-2-6-15(21)7-3-13/h2-9,17-18H,10-11H2,1H3,(H,23,25)(H,24,26)(H,27,28)/t17-,18+/m0/s1. The van der Waals surface area contributed by atoms with E-state index in [0.29, 0.717) is 5.56 Å². The van der Waals surface area contributed by atoms with Crippen molar-refractivity contribution in [3.63, 3.8) is 0 Å². The molecule has 0 saturated carbocycles. The van der Waals surface area contributed by atoms with E-state index in [1.165, 1.54) is 31.2 Å². The van der Waals surface area contributed by atoms with Crippen LogP contribution >= 0.6 is 15.9 Å². The molecule has 2 aromatic carbocycles. The van der Waals surface area contributed by atoms with Crippen molar-refractivity contribution in [3.8, 4) is 0 Å². The Balaban J connectivity index is 2.11. The van der Waals surface area contributed by atoms with Crippen LogP contribution in [0.3, 0.4) is 0 Å². The van der Waals surface area contributed by atoms with Gasteiger partial charge in [0.25, 0.3) is 0 Å². The Hall–Kier alpha value is -2.74. The molecular weight excluding hydrogens is 431 g/mol. The highest BCUT2D eigenvalue weighted by atomic mass is 79.9. The minimum atomic E-state index is -1.18. The number of rotatable bonds is 8. The van der Waals surface area contributed by atoms with Crippen molar-refractivity contribution in [1.29, 1.82) is 0 Å². The van der Waals surface area contributed by atoms with Crippen molar-refractivity contribution in [2.75, 3.05) is 0 Å². The Kier molecular flexibility index (Phi) is 7.69. The van der Waals surface area contributed by atoms with Gasteiger partial charge in [-0.3, -0.25) is 9.59 Å². The molecule has 0 aromatic heterocycles. The maximum atomic E-state index is 13.1. The second-order valence-electron chi connectivity index (χ2n) is 6.31. The molecule has 0 aliphatic rings. The zero-order valence-corrected chi connectivity index (χ0v) is 16.7. The average Bonchev–Trinajstić information content (AvgIpc) is 2.63. The fraction of sp³-hybridized carbons (Fsp3) is 0.250. The van der Waals surface area contributed by atoms with E-state index in [2.05, 4.69) is 26.6 Å². The lowest BCUT2D eigenvalue weighted by Gasteiger charge is -2.21. The Bertz CT molecular complexity index is 840. The molecule has 2 amide bonds. The SMILES string of the molecule is CC(=O)N[C@@H](Cc1ccc(F)cc1)C(=O)N[C@H](Cc1ccc(Br)cc1)C(=O)O. The molecule has 3 N–H and O–H groups in total. The Morgan fingerprint density at radius 2 is 1.43 bits per heavy atom. The number of hydrogen-bond donors (Lipinski definition) is 3. The Labute approximate surface area is 170 Å². The number of hydrogen-bond acceptors (Lipinski definition) is 3. The van der Waals surface area contributed by atoms with E-state index in [4.69, 9.17) is 0 Å². The van der Waals surface area contributed by atoms with Gasteiger partial charge in [0, 0.05) is 24.2 Å². The van der Waals surface area contributed by atoms with Crippen LogP contribution in [0.4, 0.5) is 4.39 Å². The summed E-state index contributed by atoms with van der Waals surface area (Å²) in [5.74, 6) is -2.64. The zero-order valence-electron chi connectivity index (χ0n) is 15.1. The first-order valence-corrected chi connectivity index (χ1v) is 9.33. The minimum absolute atomic E-state index is 0.0949. The molecule has 148 valence electrons. The van der Waals surface area contributed by atoms with Gasteiger partial charge < -0.3 is 15.7 Å². The second-order valence-corrected chi connectivity index (χ2v) is 7.23. The number of nitrogens with one attached hydrogen (secondary N) is 2. The maximum absolute atomic E-state index is 13.1. The number of carbonyl (C=O) groups is 3. The summed E-state index contributed by atoms with van der Waals surface area (Å²) in [5, 5.41) is 14.5. The fourth-order valence-corrected chi connectivity index (χ4v) is 2.90. The van der Waals surface area contributed by atoms with Crippen LogP contribution in [0.5, 0.6) is 0 Å². The molecule has 8 heteroatoms. The van der Waals surface area contributed by atoms with Crippen molar-refractivity contribution in [2.24, 2.45) is 0 Å². The topological polar surface area (TPSA) is 95.5 Å². The molecule has 28 heavy (non-hydrogen) atoms. The van der Waals surface area contributed by atoms with E-state index < -0.39 is 35.7 Å². The molecule has 2 rings (SSSR count). The third-order valence-corrected chi connectivity index (χ3v) is 4.54. The van der Waals surface area contributed by atoms with Crippen LogP contribution in [-0.4, -0.2) is 35.0 Å². The van der Waals surface area contributed by atoms with Crippen molar-refractivity contribution in [3.05, 3.63) is 69.9 Å². The molecule has 0 bridgehead atoms. The monoisotopic (exact) mass is 450 g/mol. The van der Waals surface area contributed by atoms with Crippen molar-refractivity contribution in [2.45, 2.75) is 31.8 Å². The zero-order chi connectivity index (χ0) is 20.7. The number of benzene rings is 2. The summed E-state index contributed by atoms with van der Waals surface area (Å²) in [4.78, 5) is 35.7. The molecule has 0 fully saturated rings. The Morgan fingerprint density at radius 3 is 1.93 bits per heavy atom. The van der Waals surface area contributed by atoms with Crippen LogP contribution in [0.2, 0.25) is 0 Å². The fourth-order valence-electron chi connectivity index (χ4n) is 2.64. The summed E-state index contributed by atoms with van der Waals surface area (Å²) in [7, 11) is 0. The van der Waals surface area contributed by atoms with Crippen LogP contribution in [0.15, 0.2) is 53.0 Å². The van der Waals surface area contributed by atoms with Crippen LogP contribution in [0.25, 0.3) is 0 Å². The van der Waals surface area contributed by atoms with Crippen LogP contribution in [-0.2, 0) is 27.2 Å². The summed E-state index contributed by atoms with van der Waals surface area (Å²) in [6.45, 7) is 1.27. The van der Waals surface area contributed by atoms with E-state index in [1.807, 2.05) is 0 Å². The third kappa shape index (κ3) is 6.77. The van der Waals surface area contributed by atoms with E-state index in [1.54, 1.807) is 24.3 Å². The molecule has 0 aliphatic carbocycles. The number of carbonyl (C=O) groups excluding carboxylic acids is 2. The number of halogens is 2. The van der Waals surface area contributed by atoms with Gasteiger partial charge in [0.1, 0.15) is 17.9 Å². The van der Waals surface area contributed by atoms with Gasteiger partial charge in [-0.25, -0.2) is 9.18 Å². The average molecular weight is 451 g/mol. The highest BCUT2D eigenvalue weighted by molar-refractivity contribution is 9.10. The number of amides is 2. The second kappa shape index (κ2) is 9.98. The van der Waals surface area contributed by atoms with Gasteiger partial charge >= 0.3 is 5.97 Å². The van der Waals surface area contributed by atoms with E-state index in [9.17, 15) is 23.9 Å². The molecule has 2 atom stereocenters. The van der Waals surface area contributed by atoms with E-state index in [0.717, 1.165) is 10.0 Å². The summed E-state index contributed by atoms with van der Waals surface area (Å²) < 4.78 is 13.9. The summed E-state index contributed by atoms with van der Waals surface area (Å²) in [6, 6.07) is 10.5. The highest BCUT2D eigenvalue weighted by Gasteiger charge is 2.26. The van der Waals surface area contributed by atoms with Gasteiger partial charge in [0.2, 0.25) is 11.8 Å². The molecular formula is C20H20BrFN2O4. The first-order chi connectivity index (χ1) is 13.2. The number of aliphatic carboxylic acids is 1. The minimum Gasteiger partial charge on any atom is -0.480 e. The lowest BCUT2D eigenvalue weighted by molar-refractivity contribution is -0.142. The molecule has 2 aromatic rings. The van der Waals surface area contributed by atoms with Gasteiger partial charge in [-0.15, -0.1) is 0 Å². The van der Waals surface area contributed by atoms with Crippen LogP contribution in [0, 0.1) is 5.82 Å². The molecule has 0 spiro atoms. The molecule has 0 saturated heterocycles. The van der Waals surface area contributed by atoms with E-state index >= 15 is 0 Å². The molecule has 0 aliphatic heterocycles. The van der Waals surface area contributed by atoms with Crippen LogP contribution < -0.4 is 10.6 Å². The van der Waals surface area contributed by atoms with Gasteiger partial charge in [-0.1, -0.05) is 40.2 Å². The summed E-state index contributed by atoms with van der Waals surface area (Å²) in [6.07, 6.45) is 0.202. The first-order valence-electron chi connectivity index (χ1n) is 8.53. The Morgan fingerprint density at radius 1 is 0.929 bits per heavy atom. The summed E-state index contributed by atoms with van der Waals surface area (Å²) in [5.41, 5.74) is 1.38. The predicted octanol–water partition coefficient (Wildman–Crippen LogP) is 2.45. The summed E-state index contributed by atoms with van der Waals surface area (Å²) >= 11 is 3.31. The van der Waals surface area contributed by atoms with Crippen LogP contribution in [0.1, 0.15) is 18.1 Å². The normalized spacial score (nSPS) is 12.7. The quantitative estimate of drug-likeness (QED) is 0.575. The van der Waals surface area contributed by atoms with E-state index in [-0.39, 0.29) is 12.8 Å². The predicted molar refractivity (Wildman–Crippen MR) is 105 cm³/mol. The number of carboxylic acids is 1. The smallest absolute Gasteiger partial charge is 0.326 e. The first kappa shape index (κ1) is 21.6. The van der Waals surface area contributed by atoms with Crippen molar-refractivity contribution >= 4 is 33.7 Å². The molecule has 0 radical (unpaired) electrons. The molecule has 0 heterocycles. The largest absolute Gasteiger partial charge is 0.480 e. The van der Waals surface area contributed by atoms with Crippen molar-refractivity contribution < 1.29 is 23.9 Å². The van der Waals surface area contributed by atoms with Gasteiger partial charge in [0.05, 0.1) is 0 Å². The molecule has 6 nitrogen and oxygen atoms in total. The van der Waals surface area contributed by atoms with Gasteiger partial charge in [-0.2, -0.15) is 0 Å². The number of carboxylic acid groups (broad SMARTS) is 1. The highest BCUT2D eigenvalue weighted by Crippen LogP contribution is 2.12. The lowest BCUT2D eigenvalue weighted by Crippen LogP contribution is -2.52. The lowest BCUT2D eigenvalue weighted by atomic mass is 10.0. The third-order valence-electron chi connectivity index (χ3n) is 4.01.